The number of tetrazole rings is 1. The second kappa shape index (κ2) is 8.73. The summed E-state index contributed by atoms with van der Waals surface area (Å²) < 4.78 is 7.07. The highest BCUT2D eigenvalue weighted by atomic mass is 32.2. The number of nitrogens with zero attached hydrogens (tertiary/aromatic N) is 4. The Morgan fingerprint density at radius 2 is 2.15 bits per heavy atom. The standard InChI is InChI=1S/C19H27N5O2S/c1-12-9-10-17(26-4)16(11-12)24-19(21-22-23-24)27-14(3)18(25)20-15-8-6-5-7-13(15)2/h9-11,13-15H,5-8H2,1-4H3,(H,20,25)/t13-,14-,15-/m0/s1. The van der Waals surface area contributed by atoms with E-state index < -0.39 is 0 Å². The van der Waals surface area contributed by atoms with E-state index in [0.29, 0.717) is 16.8 Å². The number of hydrogen-bond donors (Lipinski definition) is 1. The van der Waals surface area contributed by atoms with E-state index in [1.54, 1.807) is 11.8 Å². The molecule has 1 aromatic carbocycles. The van der Waals surface area contributed by atoms with E-state index in [1.165, 1.54) is 31.0 Å². The van der Waals surface area contributed by atoms with Gasteiger partial charge in [-0.15, -0.1) is 5.10 Å². The molecule has 0 aliphatic heterocycles. The Hall–Kier alpha value is -2.09. The van der Waals surface area contributed by atoms with Crippen molar-refractivity contribution >= 4 is 17.7 Å². The summed E-state index contributed by atoms with van der Waals surface area (Å²) >= 11 is 1.35. The molecule has 1 heterocycles. The number of carbonyl (C=O) groups excluding carboxylic acids is 1. The van der Waals surface area contributed by atoms with Crippen molar-refractivity contribution in [2.75, 3.05) is 7.11 Å². The smallest absolute Gasteiger partial charge is 0.233 e. The van der Waals surface area contributed by atoms with Crippen molar-refractivity contribution in [1.82, 2.24) is 25.5 Å². The first-order valence-electron chi connectivity index (χ1n) is 9.40. The number of ether oxygens (including phenoxy) is 1. The fraction of sp³-hybridized carbons (Fsp3) is 0.579. The van der Waals surface area contributed by atoms with Gasteiger partial charge in [0.05, 0.1) is 12.4 Å². The van der Waals surface area contributed by atoms with Crippen LogP contribution in [0.15, 0.2) is 23.4 Å². The maximum atomic E-state index is 12.7. The van der Waals surface area contributed by atoms with Gasteiger partial charge >= 0.3 is 0 Å². The highest BCUT2D eigenvalue weighted by molar-refractivity contribution is 8.00. The topological polar surface area (TPSA) is 81.9 Å². The average molecular weight is 390 g/mol. The van der Waals surface area contributed by atoms with Gasteiger partial charge < -0.3 is 10.1 Å². The molecule has 3 atom stereocenters. The Morgan fingerprint density at radius 1 is 1.37 bits per heavy atom. The molecular weight excluding hydrogens is 362 g/mol. The third-order valence-electron chi connectivity index (χ3n) is 5.09. The second-order valence-corrected chi connectivity index (χ2v) is 8.49. The van der Waals surface area contributed by atoms with Gasteiger partial charge in [-0.25, -0.2) is 0 Å². The molecule has 27 heavy (non-hydrogen) atoms. The normalized spacial score (nSPS) is 20.9. The molecule has 1 aliphatic carbocycles. The molecule has 0 saturated heterocycles. The zero-order valence-corrected chi connectivity index (χ0v) is 17.1. The number of hydrogen-bond acceptors (Lipinski definition) is 6. The molecule has 8 heteroatoms. The third kappa shape index (κ3) is 4.61. The number of benzene rings is 1. The number of rotatable bonds is 6. The second-order valence-electron chi connectivity index (χ2n) is 7.19. The maximum absolute atomic E-state index is 12.7. The summed E-state index contributed by atoms with van der Waals surface area (Å²) in [5, 5.41) is 15.5. The molecule has 0 spiro atoms. The molecule has 1 aliphatic rings. The van der Waals surface area contributed by atoms with E-state index in [0.717, 1.165) is 17.7 Å². The number of thioether (sulfide) groups is 1. The van der Waals surface area contributed by atoms with Crippen LogP contribution in [0.25, 0.3) is 5.69 Å². The Bertz CT molecular complexity index is 794. The van der Waals surface area contributed by atoms with Gasteiger partial charge in [0.1, 0.15) is 11.4 Å². The molecule has 1 amide bonds. The van der Waals surface area contributed by atoms with E-state index in [2.05, 4.69) is 27.8 Å². The highest BCUT2D eigenvalue weighted by Crippen LogP contribution is 2.29. The molecule has 3 rings (SSSR count). The van der Waals surface area contributed by atoms with Crippen LogP contribution in [-0.4, -0.2) is 44.5 Å². The molecule has 2 aromatic rings. The van der Waals surface area contributed by atoms with Crippen LogP contribution in [0.4, 0.5) is 0 Å². The first-order chi connectivity index (χ1) is 13.0. The summed E-state index contributed by atoms with van der Waals surface area (Å²) in [6.07, 6.45) is 4.67. The molecule has 0 unspecified atom stereocenters. The van der Waals surface area contributed by atoms with Gasteiger partial charge in [0.15, 0.2) is 0 Å². The molecular formula is C19H27N5O2S. The van der Waals surface area contributed by atoms with Gasteiger partial charge in [0.25, 0.3) is 0 Å². The number of aromatic nitrogens is 4. The maximum Gasteiger partial charge on any atom is 0.233 e. The highest BCUT2D eigenvalue weighted by Gasteiger charge is 2.26. The molecule has 1 N–H and O–H groups in total. The van der Waals surface area contributed by atoms with Crippen molar-refractivity contribution in [3.8, 4) is 11.4 Å². The van der Waals surface area contributed by atoms with Crippen molar-refractivity contribution in [1.29, 1.82) is 0 Å². The lowest BCUT2D eigenvalue weighted by Gasteiger charge is -2.30. The number of nitrogens with one attached hydrogen (secondary N) is 1. The lowest BCUT2D eigenvalue weighted by Crippen LogP contribution is -2.44. The first-order valence-corrected chi connectivity index (χ1v) is 10.3. The predicted octanol–water partition coefficient (Wildman–Crippen LogP) is 3.15. The van der Waals surface area contributed by atoms with E-state index in [9.17, 15) is 4.79 Å². The lowest BCUT2D eigenvalue weighted by atomic mass is 9.86. The van der Waals surface area contributed by atoms with Crippen molar-refractivity contribution in [2.45, 2.75) is 62.9 Å². The predicted molar refractivity (Wildman–Crippen MR) is 105 cm³/mol. The third-order valence-corrected chi connectivity index (χ3v) is 6.13. The fourth-order valence-corrected chi connectivity index (χ4v) is 4.22. The van der Waals surface area contributed by atoms with E-state index in [1.807, 2.05) is 32.0 Å². The lowest BCUT2D eigenvalue weighted by molar-refractivity contribution is -0.121. The Labute approximate surface area is 164 Å². The monoisotopic (exact) mass is 389 g/mol. The van der Waals surface area contributed by atoms with E-state index in [-0.39, 0.29) is 17.2 Å². The Morgan fingerprint density at radius 3 is 2.89 bits per heavy atom. The zero-order chi connectivity index (χ0) is 19.4. The molecule has 0 bridgehead atoms. The summed E-state index contributed by atoms with van der Waals surface area (Å²) in [5.41, 5.74) is 1.84. The Kier molecular flexibility index (Phi) is 6.36. The van der Waals surface area contributed by atoms with Gasteiger partial charge in [-0.3, -0.25) is 4.79 Å². The zero-order valence-electron chi connectivity index (χ0n) is 16.3. The summed E-state index contributed by atoms with van der Waals surface area (Å²) in [4.78, 5) is 12.7. The van der Waals surface area contributed by atoms with Gasteiger partial charge in [-0.1, -0.05) is 37.6 Å². The van der Waals surface area contributed by atoms with Crippen LogP contribution in [0.2, 0.25) is 0 Å². The summed E-state index contributed by atoms with van der Waals surface area (Å²) in [6, 6.07) is 6.10. The Balaban J connectivity index is 1.72. The van der Waals surface area contributed by atoms with E-state index >= 15 is 0 Å². The van der Waals surface area contributed by atoms with Crippen molar-refractivity contribution < 1.29 is 9.53 Å². The van der Waals surface area contributed by atoms with Crippen LogP contribution in [0.3, 0.4) is 0 Å². The van der Waals surface area contributed by atoms with Crippen LogP contribution in [-0.2, 0) is 4.79 Å². The minimum atomic E-state index is -0.292. The quantitative estimate of drug-likeness (QED) is 0.764. The number of methoxy groups -OCH3 is 1. The molecule has 1 fully saturated rings. The minimum Gasteiger partial charge on any atom is -0.494 e. The fourth-order valence-electron chi connectivity index (χ4n) is 3.41. The molecule has 1 aromatic heterocycles. The average Bonchev–Trinajstić information content (AvgIpc) is 3.11. The molecule has 7 nitrogen and oxygen atoms in total. The first kappa shape index (κ1) is 19.7. The van der Waals surface area contributed by atoms with E-state index in [4.69, 9.17) is 4.74 Å². The van der Waals surface area contributed by atoms with Gasteiger partial charge in [0.2, 0.25) is 11.1 Å². The van der Waals surface area contributed by atoms with Crippen molar-refractivity contribution in [2.24, 2.45) is 5.92 Å². The SMILES string of the molecule is COc1ccc(C)cc1-n1nnnc1S[C@@H](C)C(=O)N[C@H]1CCCC[C@@H]1C. The van der Waals surface area contributed by atoms with Crippen LogP contribution >= 0.6 is 11.8 Å². The summed E-state index contributed by atoms with van der Waals surface area (Å²) in [6.45, 7) is 6.11. The van der Waals surface area contributed by atoms with Gasteiger partial charge in [-0.2, -0.15) is 4.68 Å². The summed E-state index contributed by atoms with van der Waals surface area (Å²) in [7, 11) is 1.62. The molecule has 0 radical (unpaired) electrons. The number of aryl methyl sites for hydroxylation is 1. The molecule has 1 saturated carbocycles. The van der Waals surface area contributed by atoms with Crippen LogP contribution in [0, 0.1) is 12.8 Å². The van der Waals surface area contributed by atoms with Crippen LogP contribution in [0.5, 0.6) is 5.75 Å². The summed E-state index contributed by atoms with van der Waals surface area (Å²) in [5.74, 6) is 1.24. The number of amides is 1. The van der Waals surface area contributed by atoms with Crippen molar-refractivity contribution in [3.63, 3.8) is 0 Å². The van der Waals surface area contributed by atoms with Crippen molar-refractivity contribution in [3.05, 3.63) is 23.8 Å². The van der Waals surface area contributed by atoms with Crippen LogP contribution in [0.1, 0.15) is 45.1 Å². The molecule has 146 valence electrons. The van der Waals surface area contributed by atoms with Gasteiger partial charge in [0, 0.05) is 6.04 Å². The van der Waals surface area contributed by atoms with Crippen LogP contribution < -0.4 is 10.1 Å². The minimum absolute atomic E-state index is 0.0320. The van der Waals surface area contributed by atoms with Gasteiger partial charge in [-0.05, 0) is 60.7 Å². The largest absolute Gasteiger partial charge is 0.494 e. The number of carbonyl (C=O) groups is 1.